The number of nitrogens with one attached hydrogen (secondary N) is 1. The van der Waals surface area contributed by atoms with E-state index in [1.165, 1.54) is 0 Å². The Balaban J connectivity index is 2.12. The Morgan fingerprint density at radius 2 is 2.09 bits per heavy atom. The summed E-state index contributed by atoms with van der Waals surface area (Å²) in [6.07, 6.45) is 1.66. The van der Waals surface area contributed by atoms with Crippen molar-refractivity contribution < 1.29 is 19.5 Å². The van der Waals surface area contributed by atoms with E-state index in [4.69, 9.17) is 5.11 Å². The summed E-state index contributed by atoms with van der Waals surface area (Å²) in [5.74, 6) is -0.953. The molecule has 1 aromatic rings. The van der Waals surface area contributed by atoms with Crippen molar-refractivity contribution in [2.45, 2.75) is 6.92 Å². The first-order chi connectivity index (χ1) is 10.5. The quantitative estimate of drug-likeness (QED) is 0.795. The number of hydrogen-bond donors (Lipinski definition) is 2. The molecule has 0 spiro atoms. The molecule has 0 radical (unpaired) electrons. The van der Waals surface area contributed by atoms with Crippen molar-refractivity contribution >= 4 is 34.9 Å². The number of nitrogens with zero attached hydrogens (tertiary/aromatic N) is 1. The predicted molar refractivity (Wildman–Crippen MR) is 84.0 cm³/mol. The molecule has 0 unspecified atom stereocenters. The minimum atomic E-state index is -0.478. The lowest BCUT2D eigenvalue weighted by Gasteiger charge is -2.11. The molecule has 7 heteroatoms. The van der Waals surface area contributed by atoms with Crippen LogP contribution in [0.15, 0.2) is 29.2 Å². The van der Waals surface area contributed by atoms with Crippen molar-refractivity contribution in [2.75, 3.05) is 19.7 Å². The molecule has 2 rings (SSSR count). The van der Waals surface area contributed by atoms with E-state index in [-0.39, 0.29) is 19.7 Å². The third kappa shape index (κ3) is 3.75. The number of amides is 3. The fourth-order valence-corrected chi connectivity index (χ4v) is 2.75. The molecule has 0 aliphatic carbocycles. The lowest BCUT2D eigenvalue weighted by atomic mass is 10.1. The van der Waals surface area contributed by atoms with Crippen molar-refractivity contribution in [1.29, 1.82) is 0 Å². The molecule has 1 heterocycles. The topological polar surface area (TPSA) is 86.7 Å². The third-order valence-corrected chi connectivity index (χ3v) is 3.99. The zero-order valence-corrected chi connectivity index (χ0v) is 12.9. The van der Waals surface area contributed by atoms with Gasteiger partial charge in [-0.3, -0.25) is 19.3 Å². The largest absolute Gasteiger partial charge is 0.395 e. The van der Waals surface area contributed by atoms with Crippen molar-refractivity contribution in [3.05, 3.63) is 40.3 Å². The fourth-order valence-electron chi connectivity index (χ4n) is 1.92. The molecule has 1 aliphatic rings. The van der Waals surface area contributed by atoms with Gasteiger partial charge in [0.1, 0.15) is 6.54 Å². The van der Waals surface area contributed by atoms with Crippen LogP contribution < -0.4 is 5.32 Å². The lowest BCUT2D eigenvalue weighted by molar-refractivity contribution is -0.129. The van der Waals surface area contributed by atoms with E-state index < -0.39 is 17.1 Å². The van der Waals surface area contributed by atoms with Gasteiger partial charge in [0.15, 0.2) is 0 Å². The van der Waals surface area contributed by atoms with Crippen molar-refractivity contribution in [1.82, 2.24) is 10.2 Å². The van der Waals surface area contributed by atoms with Gasteiger partial charge in [0, 0.05) is 6.54 Å². The zero-order valence-electron chi connectivity index (χ0n) is 12.0. The molecule has 1 saturated heterocycles. The van der Waals surface area contributed by atoms with Crippen LogP contribution in [0.4, 0.5) is 4.79 Å². The molecule has 0 bridgehead atoms. The Kier molecular flexibility index (Phi) is 5.35. The highest BCUT2D eigenvalue weighted by molar-refractivity contribution is 8.18. The zero-order chi connectivity index (χ0) is 16.1. The number of imide groups is 1. The third-order valence-electron chi connectivity index (χ3n) is 3.08. The van der Waals surface area contributed by atoms with E-state index in [1.54, 1.807) is 6.08 Å². The van der Waals surface area contributed by atoms with Crippen LogP contribution in [-0.4, -0.2) is 46.8 Å². The summed E-state index contributed by atoms with van der Waals surface area (Å²) in [6.45, 7) is 1.48. The number of thioether (sulfide) groups is 1. The standard InChI is InChI=1S/C15H16N2O4S/c1-10-4-2-3-5-11(10)8-12-14(20)17(15(21)22-12)9-13(19)16-6-7-18/h2-5,8,18H,6-7,9H2,1H3,(H,16,19)/b12-8-. The normalized spacial score (nSPS) is 16.5. The SMILES string of the molecule is Cc1ccccc1/C=C1\SC(=O)N(CC(=O)NCCO)C1=O. The minimum absolute atomic E-state index is 0.0914. The Morgan fingerprint density at radius 1 is 1.36 bits per heavy atom. The molecule has 22 heavy (non-hydrogen) atoms. The minimum Gasteiger partial charge on any atom is -0.395 e. The molecule has 0 aromatic heterocycles. The van der Waals surface area contributed by atoms with E-state index in [0.29, 0.717) is 4.91 Å². The van der Waals surface area contributed by atoms with Gasteiger partial charge in [-0.15, -0.1) is 0 Å². The van der Waals surface area contributed by atoms with Gasteiger partial charge in [-0.25, -0.2) is 0 Å². The summed E-state index contributed by atoms with van der Waals surface area (Å²) < 4.78 is 0. The molecule has 116 valence electrons. The van der Waals surface area contributed by atoms with E-state index in [0.717, 1.165) is 27.8 Å². The van der Waals surface area contributed by atoms with Crippen LogP contribution in [0, 0.1) is 6.92 Å². The first-order valence-corrected chi connectivity index (χ1v) is 7.53. The number of benzene rings is 1. The number of aryl methyl sites for hydroxylation is 1. The smallest absolute Gasteiger partial charge is 0.294 e. The van der Waals surface area contributed by atoms with Crippen molar-refractivity contribution in [3.63, 3.8) is 0 Å². The van der Waals surface area contributed by atoms with Crippen LogP contribution in [0.25, 0.3) is 6.08 Å². The maximum absolute atomic E-state index is 12.2. The molecule has 0 atom stereocenters. The van der Waals surface area contributed by atoms with E-state index >= 15 is 0 Å². The number of aliphatic hydroxyl groups is 1. The molecule has 1 fully saturated rings. The van der Waals surface area contributed by atoms with Gasteiger partial charge < -0.3 is 10.4 Å². The van der Waals surface area contributed by atoms with E-state index in [1.807, 2.05) is 31.2 Å². The number of aliphatic hydroxyl groups excluding tert-OH is 1. The highest BCUT2D eigenvalue weighted by atomic mass is 32.2. The molecular formula is C15H16N2O4S. The summed E-state index contributed by atoms with van der Waals surface area (Å²) in [6, 6.07) is 7.52. The van der Waals surface area contributed by atoms with Crippen LogP contribution in [0.3, 0.4) is 0 Å². The highest BCUT2D eigenvalue weighted by Gasteiger charge is 2.36. The molecule has 6 nitrogen and oxygen atoms in total. The second kappa shape index (κ2) is 7.24. The maximum Gasteiger partial charge on any atom is 0.294 e. The Labute approximate surface area is 132 Å². The molecule has 0 saturated carbocycles. The Morgan fingerprint density at radius 3 is 2.77 bits per heavy atom. The molecular weight excluding hydrogens is 304 g/mol. The van der Waals surface area contributed by atoms with Crippen LogP contribution in [-0.2, 0) is 9.59 Å². The first-order valence-electron chi connectivity index (χ1n) is 6.71. The first kappa shape index (κ1) is 16.3. The van der Waals surface area contributed by atoms with Crippen molar-refractivity contribution in [3.8, 4) is 0 Å². The molecule has 1 aromatic carbocycles. The van der Waals surface area contributed by atoms with E-state index in [9.17, 15) is 14.4 Å². The summed E-state index contributed by atoms with van der Waals surface area (Å²) >= 11 is 0.820. The monoisotopic (exact) mass is 320 g/mol. The van der Waals surface area contributed by atoms with Crippen molar-refractivity contribution in [2.24, 2.45) is 0 Å². The highest BCUT2D eigenvalue weighted by Crippen LogP contribution is 2.32. The molecule has 2 N–H and O–H groups in total. The molecule has 1 aliphatic heterocycles. The summed E-state index contributed by atoms with van der Waals surface area (Å²) in [5, 5.41) is 10.6. The van der Waals surface area contributed by atoms with Crippen LogP contribution in [0.2, 0.25) is 0 Å². The number of carbonyl (C=O) groups is 3. The predicted octanol–water partition coefficient (Wildman–Crippen LogP) is 1.14. The van der Waals surface area contributed by atoms with Gasteiger partial charge in [0.05, 0.1) is 11.5 Å². The Bertz CT molecular complexity index is 642. The van der Waals surface area contributed by atoms with Gasteiger partial charge in [-0.2, -0.15) is 0 Å². The van der Waals surface area contributed by atoms with Gasteiger partial charge in [-0.05, 0) is 35.9 Å². The van der Waals surface area contributed by atoms with Gasteiger partial charge >= 0.3 is 0 Å². The average molecular weight is 320 g/mol. The second-order valence-corrected chi connectivity index (χ2v) is 5.69. The second-order valence-electron chi connectivity index (χ2n) is 4.70. The average Bonchev–Trinajstić information content (AvgIpc) is 2.75. The summed E-state index contributed by atoms with van der Waals surface area (Å²) in [7, 11) is 0. The molecule has 3 amide bonds. The summed E-state index contributed by atoms with van der Waals surface area (Å²) in [4.78, 5) is 36.9. The van der Waals surface area contributed by atoms with Crippen LogP contribution in [0.5, 0.6) is 0 Å². The number of rotatable bonds is 5. The number of hydrogen-bond acceptors (Lipinski definition) is 5. The maximum atomic E-state index is 12.2. The fraction of sp³-hybridized carbons (Fsp3) is 0.267. The Hall–Kier alpha value is -2.12. The van der Waals surface area contributed by atoms with E-state index in [2.05, 4.69) is 5.32 Å². The lowest BCUT2D eigenvalue weighted by Crippen LogP contribution is -2.40. The van der Waals surface area contributed by atoms with Crippen LogP contribution in [0.1, 0.15) is 11.1 Å². The van der Waals surface area contributed by atoms with Gasteiger partial charge in [0.25, 0.3) is 11.1 Å². The van der Waals surface area contributed by atoms with Gasteiger partial charge in [0.2, 0.25) is 5.91 Å². The summed E-state index contributed by atoms with van der Waals surface area (Å²) in [5.41, 5.74) is 1.85. The number of carbonyl (C=O) groups excluding carboxylic acids is 3. The van der Waals surface area contributed by atoms with Crippen LogP contribution >= 0.6 is 11.8 Å². The van der Waals surface area contributed by atoms with Gasteiger partial charge in [-0.1, -0.05) is 24.3 Å².